The predicted molar refractivity (Wildman–Crippen MR) is 76.9 cm³/mol. The summed E-state index contributed by atoms with van der Waals surface area (Å²) in [5.41, 5.74) is 0.151. The molecule has 1 amide bonds. The van der Waals surface area contributed by atoms with Crippen molar-refractivity contribution in [2.45, 2.75) is 24.8 Å². The van der Waals surface area contributed by atoms with Gasteiger partial charge in [-0.05, 0) is 30.9 Å². The van der Waals surface area contributed by atoms with Crippen LogP contribution >= 0.6 is 11.8 Å². The van der Waals surface area contributed by atoms with Gasteiger partial charge in [-0.1, -0.05) is 18.7 Å². The van der Waals surface area contributed by atoms with Crippen molar-refractivity contribution in [2.75, 3.05) is 18.8 Å². The highest BCUT2D eigenvalue weighted by Crippen LogP contribution is 2.22. The topological polar surface area (TPSA) is 70.5 Å². The molecule has 1 aliphatic rings. The number of carbonyl (C=O) groups is 2. The van der Waals surface area contributed by atoms with Crippen LogP contribution in [0.25, 0.3) is 0 Å². The van der Waals surface area contributed by atoms with Gasteiger partial charge in [-0.3, -0.25) is 4.79 Å². The van der Waals surface area contributed by atoms with Crippen molar-refractivity contribution in [3.05, 3.63) is 23.9 Å². The molecule has 1 N–H and O–H groups in total. The maximum Gasteiger partial charge on any atom is 0.338 e. The molecule has 1 fully saturated rings. The molecule has 5 nitrogen and oxygen atoms in total. The summed E-state index contributed by atoms with van der Waals surface area (Å²) in [4.78, 5) is 29.0. The average molecular weight is 294 g/mol. The number of pyridine rings is 1. The summed E-state index contributed by atoms with van der Waals surface area (Å²) in [5, 5.41) is 9.46. The summed E-state index contributed by atoms with van der Waals surface area (Å²) in [7, 11) is 0. The van der Waals surface area contributed by atoms with Crippen LogP contribution in [0.4, 0.5) is 0 Å². The van der Waals surface area contributed by atoms with E-state index in [1.54, 1.807) is 12.3 Å². The zero-order chi connectivity index (χ0) is 14.5. The molecule has 0 aromatic carbocycles. The van der Waals surface area contributed by atoms with E-state index < -0.39 is 5.97 Å². The van der Waals surface area contributed by atoms with E-state index in [-0.39, 0.29) is 17.2 Å². The van der Waals surface area contributed by atoms with Gasteiger partial charge in [0, 0.05) is 19.3 Å². The summed E-state index contributed by atoms with van der Waals surface area (Å²) in [6.45, 7) is 3.80. The fraction of sp³-hybridized carbons (Fsp3) is 0.500. The SMILES string of the molecule is CC1CCN(C(=O)CSc2ncccc2C(=O)O)CC1. The van der Waals surface area contributed by atoms with Gasteiger partial charge in [0.15, 0.2) is 0 Å². The minimum atomic E-state index is -1.01. The second-order valence-corrected chi connectivity index (χ2v) is 5.98. The van der Waals surface area contributed by atoms with Gasteiger partial charge in [-0.25, -0.2) is 9.78 Å². The third-order valence-electron chi connectivity index (χ3n) is 3.47. The third kappa shape index (κ3) is 3.72. The lowest BCUT2D eigenvalue weighted by molar-refractivity contribution is -0.129. The Kier molecular flexibility index (Phi) is 5.00. The number of aromatic carboxylic acids is 1. The molecule has 1 aliphatic heterocycles. The quantitative estimate of drug-likeness (QED) is 0.861. The number of carboxylic acid groups (broad SMARTS) is 1. The average Bonchev–Trinajstić information content (AvgIpc) is 2.45. The Labute approximate surface area is 122 Å². The molecule has 0 unspecified atom stereocenters. The Morgan fingerprint density at radius 1 is 1.45 bits per heavy atom. The molecule has 0 atom stereocenters. The van der Waals surface area contributed by atoms with Crippen molar-refractivity contribution in [1.82, 2.24) is 9.88 Å². The van der Waals surface area contributed by atoms with Crippen molar-refractivity contribution in [3.63, 3.8) is 0 Å². The molecule has 0 saturated carbocycles. The van der Waals surface area contributed by atoms with Crippen LogP contribution < -0.4 is 0 Å². The molecule has 0 aliphatic carbocycles. The lowest BCUT2D eigenvalue weighted by atomic mass is 9.99. The summed E-state index contributed by atoms with van der Waals surface area (Å²) in [5.74, 6) is -0.0316. The Hall–Kier alpha value is -1.56. The first-order valence-electron chi connectivity index (χ1n) is 6.67. The van der Waals surface area contributed by atoms with E-state index in [1.807, 2.05) is 4.90 Å². The summed E-state index contributed by atoms with van der Waals surface area (Å²) in [6, 6.07) is 3.09. The fourth-order valence-corrected chi connectivity index (χ4v) is 3.04. The van der Waals surface area contributed by atoms with Crippen LogP contribution in [-0.2, 0) is 4.79 Å². The summed E-state index contributed by atoms with van der Waals surface area (Å²) < 4.78 is 0. The Morgan fingerprint density at radius 2 is 2.15 bits per heavy atom. The first-order valence-corrected chi connectivity index (χ1v) is 7.65. The molecule has 1 aromatic heterocycles. The number of hydrogen-bond donors (Lipinski definition) is 1. The van der Waals surface area contributed by atoms with Crippen LogP contribution in [0, 0.1) is 5.92 Å². The molecule has 0 spiro atoms. The normalized spacial score (nSPS) is 16.1. The van der Waals surface area contributed by atoms with Crippen molar-refractivity contribution in [2.24, 2.45) is 5.92 Å². The second-order valence-electron chi connectivity index (χ2n) is 5.01. The first-order chi connectivity index (χ1) is 9.58. The zero-order valence-electron chi connectivity index (χ0n) is 11.4. The van der Waals surface area contributed by atoms with Crippen LogP contribution in [0.1, 0.15) is 30.1 Å². The molecule has 1 saturated heterocycles. The minimum Gasteiger partial charge on any atom is -0.478 e. The predicted octanol–water partition coefficient (Wildman–Crippen LogP) is 2.13. The summed E-state index contributed by atoms with van der Waals surface area (Å²) >= 11 is 1.19. The Morgan fingerprint density at radius 3 is 2.80 bits per heavy atom. The van der Waals surface area contributed by atoms with E-state index in [0.717, 1.165) is 25.9 Å². The molecule has 2 rings (SSSR count). The number of carboxylic acids is 1. The molecule has 0 radical (unpaired) electrons. The molecule has 6 heteroatoms. The second kappa shape index (κ2) is 6.74. The highest BCUT2D eigenvalue weighted by atomic mass is 32.2. The van der Waals surface area contributed by atoms with Gasteiger partial charge in [-0.15, -0.1) is 0 Å². The van der Waals surface area contributed by atoms with Gasteiger partial charge in [0.2, 0.25) is 5.91 Å². The number of rotatable bonds is 4. The van der Waals surface area contributed by atoms with Gasteiger partial charge in [0.25, 0.3) is 0 Å². The van der Waals surface area contributed by atoms with Crippen LogP contribution in [0.5, 0.6) is 0 Å². The number of amides is 1. The van der Waals surface area contributed by atoms with Crippen LogP contribution in [0.3, 0.4) is 0 Å². The van der Waals surface area contributed by atoms with Gasteiger partial charge in [-0.2, -0.15) is 0 Å². The number of aromatic nitrogens is 1. The largest absolute Gasteiger partial charge is 0.478 e. The third-order valence-corrected chi connectivity index (χ3v) is 4.46. The van der Waals surface area contributed by atoms with E-state index >= 15 is 0 Å². The van der Waals surface area contributed by atoms with Crippen molar-refractivity contribution in [3.8, 4) is 0 Å². The Balaban J connectivity index is 1.92. The smallest absolute Gasteiger partial charge is 0.338 e. The van der Waals surface area contributed by atoms with E-state index in [2.05, 4.69) is 11.9 Å². The molecule has 108 valence electrons. The van der Waals surface area contributed by atoms with Crippen molar-refractivity contribution >= 4 is 23.6 Å². The zero-order valence-corrected chi connectivity index (χ0v) is 12.2. The fourth-order valence-electron chi connectivity index (χ4n) is 2.15. The standard InChI is InChI=1S/C14H18N2O3S/c1-10-4-7-16(8-5-10)12(17)9-20-13-11(14(18)19)3-2-6-15-13/h2-3,6,10H,4-5,7-9H2,1H3,(H,18,19). The highest BCUT2D eigenvalue weighted by Gasteiger charge is 2.21. The number of nitrogens with zero attached hydrogens (tertiary/aromatic N) is 2. The molecule has 2 heterocycles. The maximum atomic E-state index is 12.1. The molecule has 1 aromatic rings. The van der Waals surface area contributed by atoms with Gasteiger partial charge in [0.05, 0.1) is 11.3 Å². The van der Waals surface area contributed by atoms with Crippen molar-refractivity contribution < 1.29 is 14.7 Å². The van der Waals surface area contributed by atoms with Crippen molar-refractivity contribution in [1.29, 1.82) is 0 Å². The van der Waals surface area contributed by atoms with E-state index in [1.165, 1.54) is 17.8 Å². The maximum absolute atomic E-state index is 12.1. The monoisotopic (exact) mass is 294 g/mol. The van der Waals surface area contributed by atoms with Gasteiger partial charge < -0.3 is 10.0 Å². The van der Waals surface area contributed by atoms with Crippen LogP contribution in [0.2, 0.25) is 0 Å². The number of hydrogen-bond acceptors (Lipinski definition) is 4. The number of piperidine rings is 1. The highest BCUT2D eigenvalue weighted by molar-refractivity contribution is 8.00. The number of likely N-dealkylation sites (tertiary alicyclic amines) is 1. The molecule has 20 heavy (non-hydrogen) atoms. The van der Waals surface area contributed by atoms with E-state index in [9.17, 15) is 9.59 Å². The van der Waals surface area contributed by atoms with Crippen LogP contribution in [-0.4, -0.2) is 45.7 Å². The molecular weight excluding hydrogens is 276 g/mol. The lowest BCUT2D eigenvalue weighted by Crippen LogP contribution is -2.38. The molecular formula is C14H18N2O3S. The minimum absolute atomic E-state index is 0.0592. The van der Waals surface area contributed by atoms with E-state index in [4.69, 9.17) is 5.11 Å². The van der Waals surface area contributed by atoms with Gasteiger partial charge in [0.1, 0.15) is 5.03 Å². The van der Waals surface area contributed by atoms with Gasteiger partial charge >= 0.3 is 5.97 Å². The number of carbonyl (C=O) groups excluding carboxylic acids is 1. The van der Waals surface area contributed by atoms with E-state index in [0.29, 0.717) is 10.9 Å². The first kappa shape index (κ1) is 14.8. The number of thioether (sulfide) groups is 1. The van der Waals surface area contributed by atoms with Crippen LogP contribution in [0.15, 0.2) is 23.4 Å². The lowest BCUT2D eigenvalue weighted by Gasteiger charge is -2.30. The summed E-state index contributed by atoms with van der Waals surface area (Å²) in [6.07, 6.45) is 3.63. The molecule has 0 bridgehead atoms. The Bertz CT molecular complexity index is 499.